The van der Waals surface area contributed by atoms with Crippen LogP contribution in [0.15, 0.2) is 24.3 Å². The fourth-order valence-electron chi connectivity index (χ4n) is 2.26. The van der Waals surface area contributed by atoms with Crippen LogP contribution < -0.4 is 4.90 Å². The van der Waals surface area contributed by atoms with Gasteiger partial charge in [-0.25, -0.2) is 4.39 Å². The summed E-state index contributed by atoms with van der Waals surface area (Å²) < 4.78 is 13.7. The molecule has 0 spiro atoms. The van der Waals surface area contributed by atoms with E-state index in [9.17, 15) is 9.18 Å². The number of halogens is 1. The van der Waals surface area contributed by atoms with E-state index in [-0.39, 0.29) is 5.78 Å². The molecule has 0 aromatic heterocycles. The van der Waals surface area contributed by atoms with Crippen molar-refractivity contribution in [3.63, 3.8) is 0 Å². The predicted octanol–water partition coefficient (Wildman–Crippen LogP) is 3.22. The number of alkyl halides is 1. The normalized spacial score (nSPS) is 19.1. The van der Waals surface area contributed by atoms with Gasteiger partial charge in [-0.2, -0.15) is 0 Å². The molecule has 2 rings (SSSR count). The van der Waals surface area contributed by atoms with Gasteiger partial charge in [0, 0.05) is 24.3 Å². The Hall–Kier alpha value is -1.38. The zero-order chi connectivity index (χ0) is 12.5. The molecule has 0 bridgehead atoms. The molecule has 1 fully saturated rings. The van der Waals surface area contributed by atoms with Gasteiger partial charge in [-0.1, -0.05) is 12.1 Å². The number of hydrogen-bond acceptors (Lipinski definition) is 2. The van der Waals surface area contributed by atoms with Crippen molar-refractivity contribution < 1.29 is 9.18 Å². The second kappa shape index (κ2) is 4.47. The van der Waals surface area contributed by atoms with Gasteiger partial charge < -0.3 is 4.90 Å². The molecule has 0 N–H and O–H groups in total. The molecule has 1 aromatic carbocycles. The molecule has 1 aliphatic heterocycles. The zero-order valence-electron chi connectivity index (χ0n) is 10.4. The highest BCUT2D eigenvalue weighted by Crippen LogP contribution is 2.30. The average molecular weight is 235 g/mol. The zero-order valence-corrected chi connectivity index (χ0v) is 10.4. The van der Waals surface area contributed by atoms with Crippen molar-refractivity contribution in [1.82, 2.24) is 0 Å². The van der Waals surface area contributed by atoms with E-state index in [0.29, 0.717) is 25.9 Å². The third kappa shape index (κ3) is 2.65. The van der Waals surface area contributed by atoms with Crippen molar-refractivity contribution in [2.24, 2.45) is 0 Å². The Morgan fingerprint density at radius 1 is 1.29 bits per heavy atom. The van der Waals surface area contributed by atoms with Crippen LogP contribution in [-0.4, -0.2) is 24.5 Å². The molecule has 0 amide bonds. The number of Topliss-reactive ketones (excluding diaryl/α,β-unsaturated/α-hetero) is 1. The fourth-order valence-corrected chi connectivity index (χ4v) is 2.26. The molecule has 0 unspecified atom stereocenters. The van der Waals surface area contributed by atoms with E-state index in [1.807, 2.05) is 24.3 Å². The van der Waals surface area contributed by atoms with Gasteiger partial charge in [-0.05, 0) is 38.8 Å². The van der Waals surface area contributed by atoms with Crippen LogP contribution in [0.1, 0.15) is 37.0 Å². The van der Waals surface area contributed by atoms with Gasteiger partial charge in [-0.3, -0.25) is 4.79 Å². The number of carbonyl (C=O) groups is 1. The summed E-state index contributed by atoms with van der Waals surface area (Å²) in [6.45, 7) is 4.58. The summed E-state index contributed by atoms with van der Waals surface area (Å²) in [6, 6.07) is 7.56. The fraction of sp³-hybridized carbons (Fsp3) is 0.500. The highest BCUT2D eigenvalue weighted by Gasteiger charge is 2.30. The maximum Gasteiger partial charge on any atom is 0.161 e. The van der Waals surface area contributed by atoms with Crippen molar-refractivity contribution in [3.8, 4) is 0 Å². The molecule has 1 saturated heterocycles. The number of nitrogens with zero attached hydrogens (tertiary/aromatic N) is 1. The molecular formula is C14H18FNO. The molecule has 1 aromatic rings. The van der Waals surface area contributed by atoms with E-state index >= 15 is 0 Å². The molecule has 1 heterocycles. The molecule has 2 nitrogen and oxygen atoms in total. The Morgan fingerprint density at radius 2 is 1.88 bits per heavy atom. The number of benzene rings is 1. The lowest BCUT2D eigenvalue weighted by Gasteiger charge is -2.36. The maximum atomic E-state index is 13.7. The Kier molecular flexibility index (Phi) is 3.18. The van der Waals surface area contributed by atoms with Crippen LogP contribution in [0.5, 0.6) is 0 Å². The highest BCUT2D eigenvalue weighted by atomic mass is 19.1. The van der Waals surface area contributed by atoms with Gasteiger partial charge in [0.25, 0.3) is 0 Å². The van der Waals surface area contributed by atoms with E-state index in [0.717, 1.165) is 11.3 Å². The lowest BCUT2D eigenvalue weighted by atomic mass is 9.94. The largest absolute Gasteiger partial charge is 0.371 e. The second-order valence-electron chi connectivity index (χ2n) is 4.97. The molecular weight excluding hydrogens is 217 g/mol. The van der Waals surface area contributed by atoms with E-state index in [1.165, 1.54) is 0 Å². The number of anilines is 1. The van der Waals surface area contributed by atoms with E-state index < -0.39 is 5.67 Å². The van der Waals surface area contributed by atoms with E-state index in [1.54, 1.807) is 13.8 Å². The standard InChI is InChI=1S/C14H18FNO/c1-11(17)12-5-3-4-6-13(12)16-9-7-14(2,15)8-10-16/h3-6H,7-10H2,1-2H3. The van der Waals surface area contributed by atoms with Crippen LogP contribution in [-0.2, 0) is 0 Å². The number of ketones is 1. The van der Waals surface area contributed by atoms with Crippen molar-refractivity contribution in [2.75, 3.05) is 18.0 Å². The first-order chi connectivity index (χ1) is 7.99. The molecule has 92 valence electrons. The van der Waals surface area contributed by atoms with Crippen molar-refractivity contribution in [2.45, 2.75) is 32.4 Å². The maximum absolute atomic E-state index is 13.7. The number of carbonyl (C=O) groups excluding carboxylic acids is 1. The van der Waals surface area contributed by atoms with E-state index in [2.05, 4.69) is 4.90 Å². The van der Waals surface area contributed by atoms with Gasteiger partial charge in [0.1, 0.15) is 5.67 Å². The van der Waals surface area contributed by atoms with Crippen LogP contribution in [0, 0.1) is 0 Å². The summed E-state index contributed by atoms with van der Waals surface area (Å²) in [6.07, 6.45) is 1.05. The first-order valence-electron chi connectivity index (χ1n) is 6.03. The second-order valence-corrected chi connectivity index (χ2v) is 4.97. The van der Waals surface area contributed by atoms with Gasteiger partial charge in [-0.15, -0.1) is 0 Å². The van der Waals surface area contributed by atoms with Gasteiger partial charge in [0.15, 0.2) is 5.78 Å². The summed E-state index contributed by atoms with van der Waals surface area (Å²) in [7, 11) is 0. The Balaban J connectivity index is 2.21. The van der Waals surface area contributed by atoms with Crippen molar-refractivity contribution in [3.05, 3.63) is 29.8 Å². The van der Waals surface area contributed by atoms with E-state index in [4.69, 9.17) is 0 Å². The summed E-state index contributed by atoms with van der Waals surface area (Å²) in [5, 5.41) is 0. The summed E-state index contributed by atoms with van der Waals surface area (Å²) >= 11 is 0. The van der Waals surface area contributed by atoms with Crippen LogP contribution in [0.3, 0.4) is 0 Å². The molecule has 0 radical (unpaired) electrons. The number of hydrogen-bond donors (Lipinski definition) is 0. The quantitative estimate of drug-likeness (QED) is 0.734. The topological polar surface area (TPSA) is 20.3 Å². The monoisotopic (exact) mass is 235 g/mol. The van der Waals surface area contributed by atoms with Crippen LogP contribution >= 0.6 is 0 Å². The Labute approximate surface area is 101 Å². The molecule has 17 heavy (non-hydrogen) atoms. The Morgan fingerprint density at radius 3 is 2.47 bits per heavy atom. The SMILES string of the molecule is CC(=O)c1ccccc1N1CCC(C)(F)CC1. The minimum Gasteiger partial charge on any atom is -0.371 e. The molecule has 1 aliphatic rings. The summed E-state index contributed by atoms with van der Waals surface area (Å²) in [4.78, 5) is 13.6. The van der Waals surface area contributed by atoms with Crippen LogP contribution in [0.25, 0.3) is 0 Å². The molecule has 0 atom stereocenters. The Bertz CT molecular complexity index is 418. The lowest BCUT2D eigenvalue weighted by molar-refractivity contribution is 0.101. The van der Waals surface area contributed by atoms with Gasteiger partial charge >= 0.3 is 0 Å². The highest BCUT2D eigenvalue weighted by molar-refractivity contribution is 5.99. The number of rotatable bonds is 2. The lowest BCUT2D eigenvalue weighted by Crippen LogP contribution is -2.40. The van der Waals surface area contributed by atoms with Gasteiger partial charge in [0.2, 0.25) is 0 Å². The van der Waals surface area contributed by atoms with Crippen LogP contribution in [0.2, 0.25) is 0 Å². The third-order valence-electron chi connectivity index (χ3n) is 3.43. The number of piperidine rings is 1. The van der Waals surface area contributed by atoms with Gasteiger partial charge in [0.05, 0.1) is 0 Å². The van der Waals surface area contributed by atoms with Crippen molar-refractivity contribution >= 4 is 11.5 Å². The molecule has 0 aliphatic carbocycles. The molecule has 0 saturated carbocycles. The summed E-state index contributed by atoms with van der Waals surface area (Å²) in [5.41, 5.74) is 0.618. The first kappa shape index (κ1) is 12.1. The molecule has 3 heteroatoms. The predicted molar refractivity (Wildman–Crippen MR) is 67.4 cm³/mol. The van der Waals surface area contributed by atoms with Crippen LogP contribution in [0.4, 0.5) is 10.1 Å². The first-order valence-corrected chi connectivity index (χ1v) is 6.03. The average Bonchev–Trinajstić information content (AvgIpc) is 2.29. The third-order valence-corrected chi connectivity index (χ3v) is 3.43. The number of para-hydroxylation sites is 1. The summed E-state index contributed by atoms with van der Waals surface area (Å²) in [5.74, 6) is 0.0641. The van der Waals surface area contributed by atoms with Crippen molar-refractivity contribution in [1.29, 1.82) is 0 Å². The minimum atomic E-state index is -1.05. The smallest absolute Gasteiger partial charge is 0.161 e. The minimum absolute atomic E-state index is 0.0641.